The van der Waals surface area contributed by atoms with Crippen molar-refractivity contribution >= 4 is 39.9 Å². The second-order valence-electron chi connectivity index (χ2n) is 5.98. The molecular weight excluding hydrogens is 328 g/mol. The summed E-state index contributed by atoms with van der Waals surface area (Å²) in [5, 5.41) is 6.64. The van der Waals surface area contributed by atoms with Crippen LogP contribution in [0, 0.1) is 0 Å². The Morgan fingerprint density at radius 3 is 2.27 bits per heavy atom. The summed E-state index contributed by atoms with van der Waals surface area (Å²) in [6, 6.07) is 16.8. The summed E-state index contributed by atoms with van der Waals surface area (Å²) in [7, 11) is 0. The van der Waals surface area contributed by atoms with Crippen LogP contribution in [0.4, 0.5) is 11.4 Å². The predicted octanol–water partition coefficient (Wildman–Crippen LogP) is 3.32. The third-order valence-corrected chi connectivity index (χ3v) is 4.23. The third kappa shape index (κ3) is 2.43. The minimum absolute atomic E-state index is 0.200. The van der Waals surface area contributed by atoms with Crippen molar-refractivity contribution in [2.24, 2.45) is 5.10 Å². The number of carbonyl (C=O) groups is 2. The van der Waals surface area contributed by atoms with E-state index in [-0.39, 0.29) is 11.8 Å². The zero-order valence-electron chi connectivity index (χ0n) is 14.4. The molecule has 1 aromatic heterocycles. The number of anilines is 2. The van der Waals surface area contributed by atoms with Crippen LogP contribution < -0.4 is 9.91 Å². The number of aromatic nitrogens is 1. The Balaban J connectivity index is 2.05. The summed E-state index contributed by atoms with van der Waals surface area (Å²) in [6.07, 6.45) is 1.62. The first-order chi connectivity index (χ1) is 12.6. The van der Waals surface area contributed by atoms with Gasteiger partial charge in [0.2, 0.25) is 11.8 Å². The van der Waals surface area contributed by atoms with E-state index in [2.05, 4.69) is 10.1 Å². The molecule has 0 radical (unpaired) electrons. The second kappa shape index (κ2) is 6.07. The maximum Gasteiger partial charge on any atom is 0.244 e. The van der Waals surface area contributed by atoms with E-state index in [4.69, 9.17) is 0 Å². The molecule has 0 spiro atoms. The van der Waals surface area contributed by atoms with Crippen LogP contribution in [0.2, 0.25) is 0 Å². The summed E-state index contributed by atoms with van der Waals surface area (Å²) in [6.45, 7) is 2.93. The van der Waals surface area contributed by atoms with E-state index < -0.39 is 0 Å². The number of benzene rings is 2. The summed E-state index contributed by atoms with van der Waals surface area (Å²) in [4.78, 5) is 30.8. The smallest absolute Gasteiger partial charge is 0.244 e. The first-order valence-electron chi connectivity index (χ1n) is 8.21. The molecular formula is C20H16N4O2. The molecule has 0 atom stereocenters. The zero-order chi connectivity index (χ0) is 18.3. The van der Waals surface area contributed by atoms with Crippen molar-refractivity contribution < 1.29 is 9.59 Å². The van der Waals surface area contributed by atoms with Crippen LogP contribution >= 0.6 is 0 Å². The number of amides is 2. The molecule has 0 N–H and O–H groups in total. The molecule has 2 heterocycles. The molecule has 2 amide bonds. The van der Waals surface area contributed by atoms with Crippen molar-refractivity contribution in [3.05, 3.63) is 66.4 Å². The molecule has 0 unspecified atom stereocenters. The molecule has 6 nitrogen and oxygen atoms in total. The summed E-state index contributed by atoms with van der Waals surface area (Å²) in [5.74, 6) is -0.0359. The number of hydrogen-bond acceptors (Lipinski definition) is 4. The number of nitrogens with zero attached hydrogens (tertiary/aromatic N) is 4. The molecule has 0 bridgehead atoms. The van der Waals surface area contributed by atoms with Gasteiger partial charge in [-0.1, -0.05) is 48.5 Å². The van der Waals surface area contributed by atoms with Gasteiger partial charge in [-0.2, -0.15) is 5.01 Å². The lowest BCUT2D eigenvalue weighted by Gasteiger charge is -2.33. The lowest BCUT2D eigenvalue weighted by Crippen LogP contribution is -2.43. The molecule has 1 aliphatic rings. The molecule has 26 heavy (non-hydrogen) atoms. The van der Waals surface area contributed by atoms with Gasteiger partial charge in [-0.15, -0.1) is 5.10 Å². The van der Waals surface area contributed by atoms with Crippen molar-refractivity contribution in [1.29, 1.82) is 0 Å². The molecule has 3 aromatic rings. The van der Waals surface area contributed by atoms with Gasteiger partial charge in [-0.3, -0.25) is 19.5 Å². The Kier molecular flexibility index (Phi) is 3.73. The van der Waals surface area contributed by atoms with Gasteiger partial charge in [0.25, 0.3) is 0 Å². The molecule has 0 fully saturated rings. The van der Waals surface area contributed by atoms with Crippen LogP contribution in [-0.2, 0) is 9.59 Å². The molecule has 2 aromatic carbocycles. The quantitative estimate of drug-likeness (QED) is 0.680. The van der Waals surface area contributed by atoms with Gasteiger partial charge in [0.1, 0.15) is 5.69 Å². The molecule has 0 saturated carbocycles. The Hall–Kier alpha value is -3.54. The highest BCUT2D eigenvalue weighted by Gasteiger charge is 2.33. The number of fused-ring (bicyclic) bond motifs is 3. The fraction of sp³-hybridized carbons (Fsp3) is 0.100. The van der Waals surface area contributed by atoms with E-state index in [1.165, 1.54) is 23.8 Å². The van der Waals surface area contributed by atoms with Gasteiger partial charge in [0, 0.05) is 24.8 Å². The average molecular weight is 344 g/mol. The summed E-state index contributed by atoms with van der Waals surface area (Å²) < 4.78 is 0. The number of hydrazone groups is 1. The van der Waals surface area contributed by atoms with Crippen molar-refractivity contribution in [2.75, 3.05) is 9.91 Å². The van der Waals surface area contributed by atoms with E-state index >= 15 is 0 Å². The van der Waals surface area contributed by atoms with Crippen LogP contribution in [0.5, 0.6) is 0 Å². The molecule has 1 aliphatic heterocycles. The Labute approximate surface area is 150 Å². The molecule has 128 valence electrons. The number of amidine groups is 1. The van der Waals surface area contributed by atoms with Crippen LogP contribution in [0.15, 0.2) is 65.9 Å². The number of rotatable bonds is 1. The maximum absolute atomic E-state index is 12.5. The summed E-state index contributed by atoms with van der Waals surface area (Å²) >= 11 is 0. The monoisotopic (exact) mass is 344 g/mol. The summed E-state index contributed by atoms with van der Waals surface area (Å²) in [5.41, 5.74) is 2.59. The topological polar surface area (TPSA) is 65.9 Å². The Bertz CT molecular complexity index is 1060. The van der Waals surface area contributed by atoms with E-state index in [1.54, 1.807) is 6.20 Å². The number of para-hydroxylation sites is 1. The highest BCUT2D eigenvalue weighted by molar-refractivity contribution is 6.28. The SMILES string of the molecule is CC(=O)N1N=C(c2ccccc2)N(C(C)=O)c2cnc3ccccc3c21. The first-order valence-corrected chi connectivity index (χ1v) is 8.21. The maximum atomic E-state index is 12.5. The van der Waals surface area contributed by atoms with Crippen LogP contribution in [0.1, 0.15) is 19.4 Å². The lowest BCUT2D eigenvalue weighted by atomic mass is 10.1. The first kappa shape index (κ1) is 16.0. The van der Waals surface area contributed by atoms with E-state index in [0.717, 1.165) is 16.5 Å². The highest BCUT2D eigenvalue weighted by Crippen LogP contribution is 2.40. The minimum Gasteiger partial charge on any atom is -0.274 e. The van der Waals surface area contributed by atoms with Gasteiger partial charge in [0.05, 0.1) is 17.4 Å². The predicted molar refractivity (Wildman–Crippen MR) is 101 cm³/mol. The fourth-order valence-corrected chi connectivity index (χ4v) is 3.13. The number of pyridine rings is 1. The zero-order valence-corrected chi connectivity index (χ0v) is 14.4. The largest absolute Gasteiger partial charge is 0.274 e. The van der Waals surface area contributed by atoms with Crippen molar-refractivity contribution in [1.82, 2.24) is 4.98 Å². The molecule has 0 aliphatic carbocycles. The van der Waals surface area contributed by atoms with Crippen molar-refractivity contribution in [3.8, 4) is 0 Å². The molecule has 4 rings (SSSR count). The highest BCUT2D eigenvalue weighted by atomic mass is 16.2. The van der Waals surface area contributed by atoms with Crippen molar-refractivity contribution in [3.63, 3.8) is 0 Å². The molecule has 0 saturated heterocycles. The Morgan fingerprint density at radius 1 is 0.885 bits per heavy atom. The van der Waals surface area contributed by atoms with Gasteiger partial charge in [-0.05, 0) is 6.07 Å². The van der Waals surface area contributed by atoms with E-state index in [1.807, 2.05) is 54.6 Å². The van der Waals surface area contributed by atoms with Gasteiger partial charge in [0.15, 0.2) is 5.84 Å². The van der Waals surface area contributed by atoms with Crippen LogP contribution in [0.25, 0.3) is 10.9 Å². The normalized spacial score (nSPS) is 13.4. The van der Waals surface area contributed by atoms with Crippen LogP contribution in [0.3, 0.4) is 0 Å². The lowest BCUT2D eigenvalue weighted by molar-refractivity contribution is -0.117. The number of carbonyl (C=O) groups excluding carboxylic acids is 2. The second-order valence-corrected chi connectivity index (χ2v) is 5.98. The van der Waals surface area contributed by atoms with Gasteiger partial charge < -0.3 is 0 Å². The average Bonchev–Trinajstić information content (AvgIpc) is 2.66. The molecule has 6 heteroatoms. The van der Waals surface area contributed by atoms with Crippen LogP contribution in [-0.4, -0.2) is 22.6 Å². The van der Waals surface area contributed by atoms with Crippen molar-refractivity contribution in [2.45, 2.75) is 13.8 Å². The number of hydrogen-bond donors (Lipinski definition) is 0. The van der Waals surface area contributed by atoms with E-state index in [0.29, 0.717) is 17.2 Å². The van der Waals surface area contributed by atoms with Gasteiger partial charge in [-0.25, -0.2) is 0 Å². The van der Waals surface area contributed by atoms with Gasteiger partial charge >= 0.3 is 0 Å². The fourth-order valence-electron chi connectivity index (χ4n) is 3.13. The van der Waals surface area contributed by atoms with E-state index in [9.17, 15) is 9.59 Å². The standard InChI is InChI=1S/C20H16N4O2/c1-13(25)23-18-12-21-17-11-7-6-10-16(17)19(18)24(14(2)26)22-20(23)15-8-4-3-5-9-15/h3-12H,1-2H3. The third-order valence-electron chi connectivity index (χ3n) is 4.23. The Morgan fingerprint density at radius 2 is 1.58 bits per heavy atom. The minimum atomic E-state index is -0.237.